The first-order chi connectivity index (χ1) is 13.3. The Kier molecular flexibility index (Phi) is 4.18. The van der Waals surface area contributed by atoms with E-state index in [1.807, 2.05) is 0 Å². The molecule has 1 aromatic carbocycles. The highest BCUT2D eigenvalue weighted by molar-refractivity contribution is 5.94. The van der Waals surface area contributed by atoms with Gasteiger partial charge >= 0.3 is 5.97 Å². The number of hydrogen-bond acceptors (Lipinski definition) is 4. The average molecular weight is 381 g/mol. The third-order valence-electron chi connectivity index (χ3n) is 4.67. The third-order valence-corrected chi connectivity index (χ3v) is 4.67. The van der Waals surface area contributed by atoms with E-state index in [9.17, 15) is 23.9 Å². The zero-order valence-electron chi connectivity index (χ0n) is 14.9. The zero-order chi connectivity index (χ0) is 20.0. The monoisotopic (exact) mass is 381 g/mol. The number of carboxylic acid groups (broad SMARTS) is 1. The number of fused-ring (bicyclic) bond motifs is 1. The van der Waals surface area contributed by atoms with E-state index in [4.69, 9.17) is 0 Å². The van der Waals surface area contributed by atoms with Crippen LogP contribution in [0.25, 0.3) is 22.0 Å². The quantitative estimate of drug-likeness (QED) is 0.723. The van der Waals surface area contributed by atoms with Crippen LogP contribution in [0.1, 0.15) is 36.2 Å². The average Bonchev–Trinajstić information content (AvgIpc) is 3.47. The molecule has 4 rings (SSSR count). The predicted molar refractivity (Wildman–Crippen MR) is 101 cm³/mol. The van der Waals surface area contributed by atoms with Crippen LogP contribution in [0.2, 0.25) is 0 Å². The lowest BCUT2D eigenvalue weighted by Crippen LogP contribution is -2.19. The number of aromatic nitrogens is 2. The van der Waals surface area contributed by atoms with Crippen LogP contribution in [0.15, 0.2) is 41.5 Å². The van der Waals surface area contributed by atoms with Crippen molar-refractivity contribution in [3.63, 3.8) is 0 Å². The summed E-state index contributed by atoms with van der Waals surface area (Å²) in [6.45, 7) is 1.36. The molecule has 8 heteroatoms. The van der Waals surface area contributed by atoms with E-state index < -0.39 is 17.2 Å². The van der Waals surface area contributed by atoms with E-state index in [0.29, 0.717) is 16.9 Å². The molecule has 2 aromatic heterocycles. The van der Waals surface area contributed by atoms with E-state index in [-0.39, 0.29) is 28.5 Å². The number of hydrogen-bond donors (Lipinski definition) is 2. The molecule has 28 heavy (non-hydrogen) atoms. The summed E-state index contributed by atoms with van der Waals surface area (Å²) >= 11 is 0. The Morgan fingerprint density at radius 3 is 2.61 bits per heavy atom. The van der Waals surface area contributed by atoms with Crippen molar-refractivity contribution in [3.8, 4) is 11.1 Å². The lowest BCUT2D eigenvalue weighted by molar-refractivity contribution is -0.114. The van der Waals surface area contributed by atoms with E-state index in [1.54, 1.807) is 22.8 Å². The molecule has 0 spiro atoms. The van der Waals surface area contributed by atoms with Gasteiger partial charge in [-0.2, -0.15) is 0 Å². The van der Waals surface area contributed by atoms with E-state index >= 15 is 0 Å². The van der Waals surface area contributed by atoms with Crippen LogP contribution in [0.3, 0.4) is 0 Å². The van der Waals surface area contributed by atoms with Crippen LogP contribution in [-0.2, 0) is 4.79 Å². The normalized spacial score (nSPS) is 13.5. The van der Waals surface area contributed by atoms with Gasteiger partial charge in [0.25, 0.3) is 0 Å². The molecule has 1 amide bonds. The molecule has 1 saturated carbocycles. The van der Waals surface area contributed by atoms with Gasteiger partial charge in [0, 0.05) is 41.9 Å². The second kappa shape index (κ2) is 6.56. The molecular weight excluding hydrogens is 365 g/mol. The van der Waals surface area contributed by atoms with E-state index in [1.165, 1.54) is 19.3 Å². The van der Waals surface area contributed by atoms with Crippen molar-refractivity contribution in [1.29, 1.82) is 0 Å². The molecule has 0 radical (unpaired) electrons. The van der Waals surface area contributed by atoms with Crippen LogP contribution in [0, 0.1) is 5.82 Å². The van der Waals surface area contributed by atoms with Crippen LogP contribution in [0.5, 0.6) is 0 Å². The molecule has 0 atom stereocenters. The molecule has 142 valence electrons. The molecule has 0 unspecified atom stereocenters. The fraction of sp³-hybridized carbons (Fsp3) is 0.200. The summed E-state index contributed by atoms with van der Waals surface area (Å²) < 4.78 is 16.5. The number of carbonyl (C=O) groups excluding carboxylic acids is 1. The van der Waals surface area contributed by atoms with Gasteiger partial charge in [0.15, 0.2) is 0 Å². The van der Waals surface area contributed by atoms with Gasteiger partial charge in [-0.25, -0.2) is 14.2 Å². The highest BCUT2D eigenvalue weighted by atomic mass is 19.1. The van der Waals surface area contributed by atoms with Gasteiger partial charge in [0.2, 0.25) is 11.3 Å². The fourth-order valence-corrected chi connectivity index (χ4v) is 3.21. The standard InChI is InChI=1S/C20H16FN3O4/c1-10(25)23-18-5-2-11(8-22-18)13-7-17-14(6-16(13)21)19(26)15(20(27)28)9-24(17)12-3-4-12/h2,5-9,12H,3-4H2,1H3,(H,27,28)(H,22,23,25). The zero-order valence-corrected chi connectivity index (χ0v) is 14.9. The maximum Gasteiger partial charge on any atom is 0.341 e. The van der Waals surface area contributed by atoms with Crippen molar-refractivity contribution in [1.82, 2.24) is 9.55 Å². The van der Waals surface area contributed by atoms with Crippen LogP contribution < -0.4 is 10.7 Å². The Hall–Kier alpha value is -3.55. The summed E-state index contributed by atoms with van der Waals surface area (Å²) in [4.78, 5) is 39.1. The molecule has 2 heterocycles. The van der Waals surface area contributed by atoms with Crippen LogP contribution in [-0.4, -0.2) is 26.5 Å². The minimum absolute atomic E-state index is 0.0378. The summed E-state index contributed by atoms with van der Waals surface area (Å²) in [6, 6.07) is 5.90. The van der Waals surface area contributed by atoms with Crippen molar-refractivity contribution in [2.75, 3.05) is 5.32 Å². The molecule has 0 aliphatic heterocycles. The van der Waals surface area contributed by atoms with E-state index in [2.05, 4.69) is 10.3 Å². The topological polar surface area (TPSA) is 101 Å². The lowest BCUT2D eigenvalue weighted by atomic mass is 10.0. The lowest BCUT2D eigenvalue weighted by Gasteiger charge is -2.14. The first kappa shape index (κ1) is 17.8. The number of nitrogens with one attached hydrogen (secondary N) is 1. The largest absolute Gasteiger partial charge is 0.477 e. The van der Waals surface area contributed by atoms with Crippen molar-refractivity contribution in [2.24, 2.45) is 0 Å². The fourth-order valence-electron chi connectivity index (χ4n) is 3.21. The van der Waals surface area contributed by atoms with Crippen molar-refractivity contribution >= 4 is 28.6 Å². The van der Waals surface area contributed by atoms with E-state index in [0.717, 1.165) is 18.9 Å². The Balaban J connectivity index is 1.89. The van der Waals surface area contributed by atoms with Crippen LogP contribution >= 0.6 is 0 Å². The number of pyridine rings is 2. The number of benzene rings is 1. The Labute approximate surface area is 158 Å². The number of rotatable bonds is 4. The Morgan fingerprint density at radius 1 is 1.29 bits per heavy atom. The highest BCUT2D eigenvalue weighted by Gasteiger charge is 2.27. The molecular formula is C20H16FN3O4. The number of nitrogens with zero attached hydrogens (tertiary/aromatic N) is 2. The minimum atomic E-state index is -1.33. The summed E-state index contributed by atoms with van der Waals surface area (Å²) in [5.74, 6) is -1.90. The SMILES string of the molecule is CC(=O)Nc1ccc(-c2cc3c(cc2F)c(=O)c(C(=O)O)cn3C2CC2)cn1. The van der Waals surface area contributed by atoms with Crippen LogP contribution in [0.4, 0.5) is 10.2 Å². The van der Waals surface area contributed by atoms with Crippen molar-refractivity contribution in [2.45, 2.75) is 25.8 Å². The number of carbonyl (C=O) groups is 2. The second-order valence-corrected chi connectivity index (χ2v) is 6.78. The summed E-state index contributed by atoms with van der Waals surface area (Å²) in [5.41, 5.74) is 0.133. The van der Waals surface area contributed by atoms with Gasteiger partial charge < -0.3 is 15.0 Å². The number of halogens is 1. The third kappa shape index (κ3) is 3.13. The van der Waals surface area contributed by atoms with Crippen molar-refractivity contribution < 1.29 is 19.1 Å². The molecule has 1 aliphatic carbocycles. The molecule has 1 aliphatic rings. The van der Waals surface area contributed by atoms with Gasteiger partial charge in [0.05, 0.1) is 5.52 Å². The molecule has 0 bridgehead atoms. The summed E-state index contributed by atoms with van der Waals surface area (Å²) in [6.07, 6.45) is 4.51. The van der Waals surface area contributed by atoms with Gasteiger partial charge in [-0.05, 0) is 37.1 Å². The summed E-state index contributed by atoms with van der Waals surface area (Å²) in [7, 11) is 0. The first-order valence-electron chi connectivity index (χ1n) is 8.71. The number of aromatic carboxylic acids is 1. The Bertz CT molecular complexity index is 1180. The van der Waals surface area contributed by atoms with Gasteiger partial charge in [0.1, 0.15) is 17.2 Å². The van der Waals surface area contributed by atoms with Crippen molar-refractivity contribution in [3.05, 3.63) is 58.3 Å². The van der Waals surface area contributed by atoms with Gasteiger partial charge in [-0.1, -0.05) is 0 Å². The first-order valence-corrected chi connectivity index (χ1v) is 8.71. The predicted octanol–water partition coefficient (Wildman–Crippen LogP) is 3.19. The number of carboxylic acids is 1. The number of amides is 1. The van der Waals surface area contributed by atoms with Gasteiger partial charge in [-0.3, -0.25) is 9.59 Å². The maximum atomic E-state index is 14.8. The molecule has 0 saturated heterocycles. The smallest absolute Gasteiger partial charge is 0.341 e. The maximum absolute atomic E-state index is 14.8. The molecule has 3 aromatic rings. The number of anilines is 1. The molecule has 2 N–H and O–H groups in total. The summed E-state index contributed by atoms with van der Waals surface area (Å²) in [5, 5.41) is 11.9. The molecule has 1 fully saturated rings. The second-order valence-electron chi connectivity index (χ2n) is 6.78. The van der Waals surface area contributed by atoms with Gasteiger partial charge in [-0.15, -0.1) is 0 Å². The Morgan fingerprint density at radius 2 is 2.04 bits per heavy atom. The highest BCUT2D eigenvalue weighted by Crippen LogP contribution is 2.38. The minimum Gasteiger partial charge on any atom is -0.477 e. The molecule has 7 nitrogen and oxygen atoms in total.